The summed E-state index contributed by atoms with van der Waals surface area (Å²) < 4.78 is 5.03. The molecule has 6 nitrogen and oxygen atoms in total. The van der Waals surface area contributed by atoms with Crippen molar-refractivity contribution in [2.75, 3.05) is 19.0 Å². The van der Waals surface area contributed by atoms with Gasteiger partial charge in [-0.3, -0.25) is 4.79 Å². The maximum Gasteiger partial charge on any atom is 1.00 e. The van der Waals surface area contributed by atoms with Gasteiger partial charge in [0.15, 0.2) is 0 Å². The summed E-state index contributed by atoms with van der Waals surface area (Å²) in [4.78, 5) is 21.8. The molecule has 19 heavy (non-hydrogen) atoms. The number of carbonyl (C=O) groups excluding carboxylic acids is 2. The molecular weight excluding hydrogens is 259 g/mol. The Morgan fingerprint density at radius 1 is 1.42 bits per heavy atom. The number of nitrogens with one attached hydrogen (secondary N) is 2. The smallest absolute Gasteiger partial charge is 0.548 e. The Morgan fingerprint density at radius 2 is 2.11 bits per heavy atom. The Kier molecular flexibility index (Phi) is 8.22. The van der Waals surface area contributed by atoms with Crippen molar-refractivity contribution >= 4 is 17.6 Å². The van der Waals surface area contributed by atoms with Crippen molar-refractivity contribution in [3.05, 3.63) is 24.3 Å². The molecule has 1 rings (SSSR count). The van der Waals surface area contributed by atoms with E-state index in [4.69, 9.17) is 4.74 Å². The van der Waals surface area contributed by atoms with Gasteiger partial charge >= 0.3 is 29.6 Å². The summed E-state index contributed by atoms with van der Waals surface area (Å²) in [6.07, 6.45) is 0. The molecule has 0 aromatic heterocycles. The summed E-state index contributed by atoms with van der Waals surface area (Å²) >= 11 is 0. The molecule has 0 heterocycles. The number of carboxylic acid groups (broad SMARTS) is 1. The standard InChI is InChI=1S/C12H16N2O4.Na/c1-8(12(16)17)14-11(15)7-13-9-4-3-5-10(6-9)18-2;/h3-6,8,13H,7H2,1-2H3,(H,14,15)(H,16,17);/q;+1/p-1/t8-;/m1./s1. The molecule has 1 atom stereocenters. The molecule has 1 aromatic rings. The van der Waals surface area contributed by atoms with Gasteiger partial charge in [0.05, 0.1) is 25.7 Å². The summed E-state index contributed by atoms with van der Waals surface area (Å²) in [5, 5.41) is 15.6. The van der Waals surface area contributed by atoms with E-state index in [1.807, 2.05) is 0 Å². The van der Waals surface area contributed by atoms with E-state index in [-0.39, 0.29) is 36.1 Å². The monoisotopic (exact) mass is 274 g/mol. The van der Waals surface area contributed by atoms with Crippen LogP contribution in [0.3, 0.4) is 0 Å². The predicted molar refractivity (Wildman–Crippen MR) is 64.1 cm³/mol. The number of carboxylic acids is 1. The Hall–Kier alpha value is -1.24. The first kappa shape index (κ1) is 17.8. The van der Waals surface area contributed by atoms with Crippen LogP contribution in [0.4, 0.5) is 5.69 Å². The van der Waals surface area contributed by atoms with Crippen molar-refractivity contribution in [3.63, 3.8) is 0 Å². The summed E-state index contributed by atoms with van der Waals surface area (Å²) in [5.41, 5.74) is 0.714. The van der Waals surface area contributed by atoms with Crippen LogP contribution in [0, 0.1) is 0 Å². The van der Waals surface area contributed by atoms with Gasteiger partial charge in [0.25, 0.3) is 0 Å². The molecule has 0 unspecified atom stereocenters. The van der Waals surface area contributed by atoms with Crippen LogP contribution in [-0.2, 0) is 9.59 Å². The number of ether oxygens (including phenoxy) is 1. The number of hydrogen-bond donors (Lipinski definition) is 2. The number of aliphatic carboxylic acids is 1. The minimum atomic E-state index is -1.32. The summed E-state index contributed by atoms with van der Waals surface area (Å²) in [7, 11) is 1.55. The van der Waals surface area contributed by atoms with Gasteiger partial charge in [0.1, 0.15) is 5.75 Å². The number of rotatable bonds is 6. The molecule has 0 aliphatic heterocycles. The van der Waals surface area contributed by atoms with Gasteiger partial charge in [0.2, 0.25) is 5.91 Å². The number of amides is 1. The Morgan fingerprint density at radius 3 is 2.68 bits per heavy atom. The van der Waals surface area contributed by atoms with E-state index in [9.17, 15) is 14.7 Å². The van der Waals surface area contributed by atoms with Crippen LogP contribution in [0.25, 0.3) is 0 Å². The van der Waals surface area contributed by atoms with Gasteiger partial charge in [-0.1, -0.05) is 6.07 Å². The number of hydrogen-bond acceptors (Lipinski definition) is 5. The molecule has 98 valence electrons. The molecule has 2 N–H and O–H groups in total. The number of anilines is 1. The first-order chi connectivity index (χ1) is 8.52. The minimum absolute atomic E-state index is 0. The first-order valence-corrected chi connectivity index (χ1v) is 5.41. The molecule has 1 aromatic carbocycles. The molecule has 0 saturated heterocycles. The molecule has 0 fully saturated rings. The van der Waals surface area contributed by atoms with E-state index in [0.29, 0.717) is 11.4 Å². The van der Waals surface area contributed by atoms with E-state index in [2.05, 4.69) is 10.6 Å². The van der Waals surface area contributed by atoms with E-state index in [0.717, 1.165) is 0 Å². The van der Waals surface area contributed by atoms with E-state index in [1.165, 1.54) is 6.92 Å². The maximum absolute atomic E-state index is 11.4. The molecule has 1 amide bonds. The molecule has 0 aliphatic rings. The molecule has 7 heteroatoms. The number of methoxy groups -OCH3 is 1. The van der Waals surface area contributed by atoms with Gasteiger partial charge < -0.3 is 25.3 Å². The van der Waals surface area contributed by atoms with Crippen LogP contribution in [0.5, 0.6) is 5.75 Å². The molecule has 0 saturated carbocycles. The van der Waals surface area contributed by atoms with Crippen molar-refractivity contribution in [1.82, 2.24) is 5.32 Å². The van der Waals surface area contributed by atoms with Crippen molar-refractivity contribution in [3.8, 4) is 5.75 Å². The molecule has 0 spiro atoms. The summed E-state index contributed by atoms with van der Waals surface area (Å²) in [6.45, 7) is 1.32. The van der Waals surface area contributed by atoms with Gasteiger partial charge in [-0.25, -0.2) is 0 Å². The maximum atomic E-state index is 11.4. The third-order valence-corrected chi connectivity index (χ3v) is 2.25. The van der Waals surface area contributed by atoms with Crippen molar-refractivity contribution in [2.24, 2.45) is 0 Å². The Balaban J connectivity index is 0.00000324. The van der Waals surface area contributed by atoms with Crippen LogP contribution in [0.1, 0.15) is 6.92 Å². The van der Waals surface area contributed by atoms with Crippen LogP contribution in [0.2, 0.25) is 0 Å². The van der Waals surface area contributed by atoms with E-state index >= 15 is 0 Å². The SMILES string of the molecule is COc1cccc(NCC(=O)N[C@H](C)C(=O)[O-])c1.[Na+]. The molecule has 0 radical (unpaired) electrons. The fraction of sp³-hybridized carbons (Fsp3) is 0.333. The quantitative estimate of drug-likeness (QED) is 0.522. The topological polar surface area (TPSA) is 90.5 Å². The van der Waals surface area contributed by atoms with Crippen LogP contribution in [0.15, 0.2) is 24.3 Å². The van der Waals surface area contributed by atoms with Crippen LogP contribution in [-0.4, -0.2) is 31.6 Å². The fourth-order valence-electron chi connectivity index (χ4n) is 1.27. The second-order valence-corrected chi connectivity index (χ2v) is 3.69. The largest absolute Gasteiger partial charge is 1.00 e. The second-order valence-electron chi connectivity index (χ2n) is 3.69. The van der Waals surface area contributed by atoms with Gasteiger partial charge in [-0.05, 0) is 19.1 Å². The number of carbonyl (C=O) groups is 2. The normalized spacial score (nSPS) is 10.8. The van der Waals surface area contributed by atoms with Gasteiger partial charge in [-0.15, -0.1) is 0 Å². The predicted octanol–water partition coefficient (Wildman–Crippen LogP) is -3.63. The zero-order valence-electron chi connectivity index (χ0n) is 11.2. The average molecular weight is 274 g/mol. The fourth-order valence-corrected chi connectivity index (χ4v) is 1.27. The van der Waals surface area contributed by atoms with Gasteiger partial charge in [-0.2, -0.15) is 0 Å². The van der Waals surface area contributed by atoms with Gasteiger partial charge in [0, 0.05) is 11.8 Å². The first-order valence-electron chi connectivity index (χ1n) is 5.41. The summed E-state index contributed by atoms with van der Waals surface area (Å²) in [5.74, 6) is -1.07. The van der Waals surface area contributed by atoms with E-state index in [1.54, 1.807) is 31.4 Å². The zero-order chi connectivity index (χ0) is 13.5. The Labute approximate surface area is 133 Å². The molecule has 0 aliphatic carbocycles. The van der Waals surface area contributed by atoms with Crippen molar-refractivity contribution in [2.45, 2.75) is 13.0 Å². The van der Waals surface area contributed by atoms with Crippen molar-refractivity contribution in [1.29, 1.82) is 0 Å². The number of benzene rings is 1. The van der Waals surface area contributed by atoms with Crippen molar-refractivity contribution < 1.29 is 49.0 Å². The summed E-state index contributed by atoms with van der Waals surface area (Å²) in [6, 6.07) is 6.06. The Bertz CT molecular complexity index is 439. The van der Waals surface area contributed by atoms with Crippen LogP contribution >= 0.6 is 0 Å². The third kappa shape index (κ3) is 6.47. The average Bonchev–Trinajstić information content (AvgIpc) is 2.36. The molecule has 0 bridgehead atoms. The third-order valence-electron chi connectivity index (χ3n) is 2.25. The van der Waals surface area contributed by atoms with E-state index < -0.39 is 17.9 Å². The zero-order valence-corrected chi connectivity index (χ0v) is 13.2. The second kappa shape index (κ2) is 8.79. The van der Waals surface area contributed by atoms with Crippen LogP contribution < -0.4 is 50.0 Å². The molecular formula is C12H15N2NaO4. The minimum Gasteiger partial charge on any atom is -0.548 e.